The molecule has 2 atom stereocenters. The molecular weight excluding hydrogens is 250 g/mol. The zero-order valence-corrected chi connectivity index (χ0v) is 12.1. The number of aromatic nitrogens is 1. The number of rotatable bonds is 6. The van der Waals surface area contributed by atoms with Crippen LogP contribution in [0.2, 0.25) is 0 Å². The summed E-state index contributed by atoms with van der Waals surface area (Å²) in [6.45, 7) is 6.14. The highest BCUT2D eigenvalue weighted by molar-refractivity contribution is 7.10. The van der Waals surface area contributed by atoms with E-state index in [0.29, 0.717) is 18.5 Å². The maximum Gasteiger partial charge on any atom is 0.256 e. The maximum absolute atomic E-state index is 12.0. The summed E-state index contributed by atoms with van der Waals surface area (Å²) in [5.41, 5.74) is 1.36. The van der Waals surface area contributed by atoms with Gasteiger partial charge >= 0.3 is 0 Å². The Morgan fingerprint density at radius 1 is 1.50 bits per heavy atom. The predicted molar refractivity (Wildman–Crippen MR) is 74.2 cm³/mol. The topological polar surface area (TPSA) is 74.2 Å². The van der Waals surface area contributed by atoms with Crippen molar-refractivity contribution in [2.24, 2.45) is 5.92 Å². The molecule has 1 heterocycles. The summed E-state index contributed by atoms with van der Waals surface area (Å²) in [6.07, 6.45) is 0.342. The molecule has 1 aromatic rings. The monoisotopic (exact) mass is 271 g/mol. The normalized spacial score (nSPS) is 14.1. The van der Waals surface area contributed by atoms with Gasteiger partial charge in [-0.2, -0.15) is 4.37 Å². The molecule has 0 aliphatic heterocycles. The first-order valence-corrected chi connectivity index (χ1v) is 6.83. The van der Waals surface area contributed by atoms with E-state index in [1.165, 1.54) is 11.5 Å². The number of carbonyl (C=O) groups is 1. The molecule has 102 valence electrons. The fourth-order valence-corrected chi connectivity index (χ4v) is 2.57. The summed E-state index contributed by atoms with van der Waals surface area (Å²) in [5.74, 6) is 0.141. The number of hydrogen-bond acceptors (Lipinski definition) is 5. The van der Waals surface area contributed by atoms with Gasteiger partial charge in [0.15, 0.2) is 0 Å². The number of amides is 1. The van der Waals surface area contributed by atoms with Gasteiger partial charge in [-0.15, -0.1) is 0 Å². The Morgan fingerprint density at radius 3 is 2.72 bits per heavy atom. The molecule has 0 aromatic carbocycles. The highest BCUT2D eigenvalue weighted by Crippen LogP contribution is 2.23. The van der Waals surface area contributed by atoms with Crippen molar-refractivity contribution in [1.29, 1.82) is 0 Å². The molecule has 0 radical (unpaired) electrons. The molecule has 2 unspecified atom stereocenters. The molecule has 0 bridgehead atoms. The van der Waals surface area contributed by atoms with Gasteiger partial charge in [0, 0.05) is 13.6 Å². The number of nitrogens with zero attached hydrogens (tertiary/aromatic N) is 1. The zero-order valence-electron chi connectivity index (χ0n) is 11.3. The third-order valence-electron chi connectivity index (χ3n) is 2.67. The van der Waals surface area contributed by atoms with E-state index < -0.39 is 0 Å². The Hall–Kier alpha value is -1.14. The molecule has 0 spiro atoms. The minimum atomic E-state index is -0.339. The van der Waals surface area contributed by atoms with Gasteiger partial charge in [-0.05, 0) is 37.7 Å². The van der Waals surface area contributed by atoms with Crippen molar-refractivity contribution in [1.82, 2.24) is 9.69 Å². The number of aliphatic hydroxyl groups excluding tert-OH is 1. The Bertz CT molecular complexity index is 404. The molecule has 0 aliphatic rings. The molecule has 0 aliphatic carbocycles. The average Bonchev–Trinajstić information content (AvgIpc) is 2.66. The van der Waals surface area contributed by atoms with Gasteiger partial charge in [0.1, 0.15) is 5.00 Å². The number of aryl methyl sites for hydroxylation is 1. The Morgan fingerprint density at radius 2 is 2.17 bits per heavy atom. The number of hydrogen-bond donors (Lipinski definition) is 3. The molecule has 1 aromatic heterocycles. The van der Waals surface area contributed by atoms with Crippen LogP contribution in [0.5, 0.6) is 0 Å². The van der Waals surface area contributed by atoms with Gasteiger partial charge < -0.3 is 15.7 Å². The Balaban J connectivity index is 2.57. The van der Waals surface area contributed by atoms with E-state index in [1.54, 1.807) is 14.0 Å². The lowest BCUT2D eigenvalue weighted by molar-refractivity contribution is 0.0939. The van der Waals surface area contributed by atoms with Crippen LogP contribution in [0.4, 0.5) is 5.00 Å². The molecule has 1 rings (SSSR count). The van der Waals surface area contributed by atoms with Crippen molar-refractivity contribution in [2.75, 3.05) is 18.9 Å². The van der Waals surface area contributed by atoms with Crippen LogP contribution < -0.4 is 10.6 Å². The van der Waals surface area contributed by atoms with Crippen molar-refractivity contribution in [3.8, 4) is 0 Å². The lowest BCUT2D eigenvalue weighted by atomic mass is 10.0. The smallest absolute Gasteiger partial charge is 0.256 e. The Labute approximate surface area is 112 Å². The van der Waals surface area contributed by atoms with Crippen LogP contribution in [0.1, 0.15) is 36.3 Å². The van der Waals surface area contributed by atoms with Crippen molar-refractivity contribution in [2.45, 2.75) is 33.3 Å². The summed E-state index contributed by atoms with van der Waals surface area (Å²) in [7, 11) is 1.78. The first kappa shape index (κ1) is 14.9. The van der Waals surface area contributed by atoms with E-state index >= 15 is 0 Å². The van der Waals surface area contributed by atoms with Crippen LogP contribution in [0.3, 0.4) is 0 Å². The van der Waals surface area contributed by atoms with Gasteiger partial charge in [-0.3, -0.25) is 4.79 Å². The number of anilines is 1. The van der Waals surface area contributed by atoms with E-state index in [0.717, 1.165) is 10.7 Å². The molecule has 0 saturated carbocycles. The Kier molecular flexibility index (Phi) is 5.55. The fraction of sp³-hybridized carbons (Fsp3) is 0.667. The van der Waals surface area contributed by atoms with Crippen molar-refractivity contribution in [3.05, 3.63) is 11.3 Å². The van der Waals surface area contributed by atoms with Gasteiger partial charge in [0.25, 0.3) is 5.91 Å². The minimum absolute atomic E-state index is 0.108. The van der Waals surface area contributed by atoms with Crippen LogP contribution in [0, 0.1) is 12.8 Å². The highest BCUT2D eigenvalue weighted by Gasteiger charge is 2.18. The predicted octanol–water partition coefficient (Wildman–Crippen LogP) is 1.63. The molecule has 1 amide bonds. The largest absolute Gasteiger partial charge is 0.393 e. The molecule has 3 N–H and O–H groups in total. The molecule has 0 saturated heterocycles. The first-order chi connectivity index (χ1) is 8.45. The van der Waals surface area contributed by atoms with E-state index in [4.69, 9.17) is 0 Å². The standard InChI is InChI=1S/C12H21N3O2S/c1-7(5-8(2)16)6-14-11(17)10-9(3)15-18-12(10)13-4/h7-8,13,16H,5-6H2,1-4H3,(H,14,17). The maximum atomic E-state index is 12.0. The summed E-state index contributed by atoms with van der Waals surface area (Å²) >= 11 is 1.29. The van der Waals surface area contributed by atoms with Crippen LogP contribution in [0.15, 0.2) is 0 Å². The highest BCUT2D eigenvalue weighted by atomic mass is 32.1. The third-order valence-corrected chi connectivity index (χ3v) is 3.63. The molecule has 5 nitrogen and oxygen atoms in total. The van der Waals surface area contributed by atoms with Crippen LogP contribution >= 0.6 is 11.5 Å². The molecular formula is C12H21N3O2S. The molecule has 6 heteroatoms. The second-order valence-electron chi connectivity index (χ2n) is 4.62. The van der Waals surface area contributed by atoms with E-state index in [2.05, 4.69) is 15.0 Å². The van der Waals surface area contributed by atoms with Crippen molar-refractivity contribution >= 4 is 22.4 Å². The second-order valence-corrected chi connectivity index (χ2v) is 5.40. The number of carbonyl (C=O) groups excluding carboxylic acids is 1. The second kappa shape index (κ2) is 6.70. The summed E-state index contributed by atoms with van der Waals surface area (Å²) in [5, 5.41) is 15.9. The average molecular weight is 271 g/mol. The summed E-state index contributed by atoms with van der Waals surface area (Å²) in [6, 6.07) is 0. The third kappa shape index (κ3) is 3.96. The summed E-state index contributed by atoms with van der Waals surface area (Å²) in [4.78, 5) is 12.0. The SMILES string of the molecule is CNc1snc(C)c1C(=O)NCC(C)CC(C)O. The van der Waals surface area contributed by atoms with Crippen molar-refractivity contribution in [3.63, 3.8) is 0 Å². The van der Waals surface area contributed by atoms with Gasteiger partial charge in [-0.1, -0.05) is 6.92 Å². The molecule has 18 heavy (non-hydrogen) atoms. The van der Waals surface area contributed by atoms with E-state index in [9.17, 15) is 9.90 Å². The summed E-state index contributed by atoms with van der Waals surface area (Å²) < 4.78 is 4.16. The molecule has 0 fully saturated rings. The van der Waals surface area contributed by atoms with Gasteiger partial charge in [0.2, 0.25) is 0 Å². The lowest BCUT2D eigenvalue weighted by Gasteiger charge is -2.14. The van der Waals surface area contributed by atoms with Crippen LogP contribution in [-0.2, 0) is 0 Å². The number of aliphatic hydroxyl groups is 1. The quantitative estimate of drug-likeness (QED) is 0.735. The lowest BCUT2D eigenvalue weighted by Crippen LogP contribution is -2.30. The first-order valence-electron chi connectivity index (χ1n) is 6.06. The van der Waals surface area contributed by atoms with Crippen molar-refractivity contribution < 1.29 is 9.90 Å². The van der Waals surface area contributed by atoms with Gasteiger partial charge in [0.05, 0.1) is 17.4 Å². The van der Waals surface area contributed by atoms with Crippen LogP contribution in [0.25, 0.3) is 0 Å². The van der Waals surface area contributed by atoms with E-state index in [1.807, 2.05) is 13.8 Å². The van der Waals surface area contributed by atoms with Crippen LogP contribution in [-0.4, -0.2) is 35.1 Å². The fourth-order valence-electron chi connectivity index (χ4n) is 1.83. The zero-order chi connectivity index (χ0) is 13.7. The van der Waals surface area contributed by atoms with Gasteiger partial charge in [-0.25, -0.2) is 0 Å². The van der Waals surface area contributed by atoms with E-state index in [-0.39, 0.29) is 17.9 Å². The number of nitrogens with one attached hydrogen (secondary N) is 2. The minimum Gasteiger partial charge on any atom is -0.393 e.